The van der Waals surface area contributed by atoms with Gasteiger partial charge in [-0.15, -0.1) is 0 Å². The Hall–Kier alpha value is -3.48. The second-order valence-corrected chi connectivity index (χ2v) is 6.17. The summed E-state index contributed by atoms with van der Waals surface area (Å²) in [5, 5.41) is 4.50. The van der Waals surface area contributed by atoms with E-state index in [-0.39, 0.29) is 24.2 Å². The van der Waals surface area contributed by atoms with Gasteiger partial charge < -0.3 is 10.5 Å². The lowest BCUT2D eigenvalue weighted by atomic mass is 10.0. The van der Waals surface area contributed by atoms with Crippen LogP contribution in [0.25, 0.3) is 22.5 Å². The molecule has 3 aromatic rings. The zero-order valence-electron chi connectivity index (χ0n) is 15.3. The van der Waals surface area contributed by atoms with E-state index in [1.54, 1.807) is 12.1 Å². The summed E-state index contributed by atoms with van der Waals surface area (Å²) in [7, 11) is 0. The molecule has 0 atom stereocenters. The molecule has 0 bridgehead atoms. The van der Waals surface area contributed by atoms with E-state index >= 15 is 0 Å². The number of hydrogen-bond donors (Lipinski definition) is 1. The van der Waals surface area contributed by atoms with Gasteiger partial charge in [-0.2, -0.15) is 10.1 Å². The van der Waals surface area contributed by atoms with E-state index in [9.17, 15) is 4.79 Å². The third-order valence-corrected chi connectivity index (χ3v) is 3.85. The molecule has 0 unspecified atom stereocenters. The van der Waals surface area contributed by atoms with Gasteiger partial charge in [0.25, 0.3) is 5.56 Å². The second-order valence-electron chi connectivity index (χ2n) is 6.17. The van der Waals surface area contributed by atoms with Crippen molar-refractivity contribution in [3.63, 3.8) is 0 Å². The number of nitrogens with two attached hydrogens (primary N) is 1. The number of rotatable bonds is 6. The third-order valence-electron chi connectivity index (χ3n) is 3.85. The first-order valence-electron chi connectivity index (χ1n) is 8.58. The van der Waals surface area contributed by atoms with Crippen LogP contribution in [0.15, 0.2) is 59.9 Å². The molecule has 0 spiro atoms. The van der Waals surface area contributed by atoms with Gasteiger partial charge in [-0.3, -0.25) is 4.79 Å². The number of hydrogen-bond acceptors (Lipinski definition) is 6. The molecular formula is C20H21N5O2. The van der Waals surface area contributed by atoms with E-state index < -0.39 is 0 Å². The average Bonchev–Trinajstić information content (AvgIpc) is 2.67. The van der Waals surface area contributed by atoms with Crippen LogP contribution in [0.3, 0.4) is 0 Å². The first-order chi connectivity index (χ1) is 13.0. The quantitative estimate of drug-likeness (QED) is 0.676. The van der Waals surface area contributed by atoms with Crippen LogP contribution in [0.5, 0.6) is 5.88 Å². The summed E-state index contributed by atoms with van der Waals surface area (Å²) in [5.41, 5.74) is 8.27. The van der Waals surface area contributed by atoms with Gasteiger partial charge in [-0.25, -0.2) is 9.67 Å². The van der Waals surface area contributed by atoms with E-state index in [0.29, 0.717) is 22.8 Å². The number of anilines is 1. The van der Waals surface area contributed by atoms with Crippen molar-refractivity contribution in [2.45, 2.75) is 19.9 Å². The fourth-order valence-corrected chi connectivity index (χ4v) is 2.66. The van der Waals surface area contributed by atoms with Gasteiger partial charge in [-0.1, -0.05) is 43.0 Å². The van der Waals surface area contributed by atoms with Crippen LogP contribution < -0.4 is 16.0 Å². The molecule has 0 aliphatic rings. The van der Waals surface area contributed by atoms with E-state index in [1.165, 1.54) is 10.7 Å². The SMILES string of the molecule is C=CCOc1nc(N)nc(-c2ccccc2)c1-c1ccc(=O)n(C(C)C)n1. The fraction of sp³-hybridized carbons (Fsp3) is 0.200. The van der Waals surface area contributed by atoms with Crippen LogP contribution in [-0.4, -0.2) is 26.4 Å². The van der Waals surface area contributed by atoms with Crippen LogP contribution in [0.2, 0.25) is 0 Å². The van der Waals surface area contributed by atoms with Gasteiger partial charge in [0.15, 0.2) is 0 Å². The summed E-state index contributed by atoms with van der Waals surface area (Å²) in [4.78, 5) is 20.8. The van der Waals surface area contributed by atoms with Gasteiger partial charge >= 0.3 is 0 Å². The Kier molecular flexibility index (Phi) is 5.30. The maximum atomic E-state index is 12.1. The van der Waals surface area contributed by atoms with Crippen molar-refractivity contribution in [2.75, 3.05) is 12.3 Å². The largest absolute Gasteiger partial charge is 0.473 e. The van der Waals surface area contributed by atoms with E-state index in [4.69, 9.17) is 10.5 Å². The zero-order valence-corrected chi connectivity index (χ0v) is 15.3. The molecule has 7 nitrogen and oxygen atoms in total. The Bertz CT molecular complexity index is 1010. The van der Waals surface area contributed by atoms with Crippen molar-refractivity contribution >= 4 is 5.95 Å². The van der Waals surface area contributed by atoms with Crippen LogP contribution in [0, 0.1) is 0 Å². The van der Waals surface area contributed by atoms with Gasteiger partial charge in [0, 0.05) is 11.6 Å². The number of nitrogens with zero attached hydrogens (tertiary/aromatic N) is 4. The smallest absolute Gasteiger partial charge is 0.267 e. The lowest BCUT2D eigenvalue weighted by Crippen LogP contribution is -2.24. The van der Waals surface area contributed by atoms with E-state index in [1.807, 2.05) is 44.2 Å². The Morgan fingerprint density at radius 1 is 1.19 bits per heavy atom. The minimum absolute atomic E-state index is 0.0915. The molecule has 27 heavy (non-hydrogen) atoms. The Balaban J connectivity index is 2.30. The lowest BCUT2D eigenvalue weighted by Gasteiger charge is -2.16. The Labute approximate surface area is 157 Å². The molecule has 2 heterocycles. The minimum Gasteiger partial charge on any atom is -0.473 e. The molecule has 2 N–H and O–H groups in total. The van der Waals surface area contributed by atoms with Crippen LogP contribution >= 0.6 is 0 Å². The van der Waals surface area contributed by atoms with Gasteiger partial charge in [-0.05, 0) is 19.9 Å². The third kappa shape index (κ3) is 3.87. The molecule has 0 saturated heterocycles. The molecule has 0 radical (unpaired) electrons. The molecule has 0 aliphatic carbocycles. The Morgan fingerprint density at radius 2 is 1.93 bits per heavy atom. The lowest BCUT2D eigenvalue weighted by molar-refractivity contribution is 0.350. The van der Waals surface area contributed by atoms with Crippen molar-refractivity contribution < 1.29 is 4.74 Å². The second kappa shape index (κ2) is 7.82. The highest BCUT2D eigenvalue weighted by Gasteiger charge is 2.20. The van der Waals surface area contributed by atoms with Gasteiger partial charge in [0.05, 0.1) is 23.0 Å². The molecule has 3 rings (SSSR count). The summed E-state index contributed by atoms with van der Waals surface area (Å²) in [6.45, 7) is 7.71. The molecule has 0 aliphatic heterocycles. The highest BCUT2D eigenvalue weighted by molar-refractivity contribution is 5.83. The van der Waals surface area contributed by atoms with E-state index in [0.717, 1.165) is 5.56 Å². The summed E-state index contributed by atoms with van der Waals surface area (Å²) < 4.78 is 7.15. The molecule has 1 aromatic carbocycles. The number of ether oxygens (including phenoxy) is 1. The maximum absolute atomic E-state index is 12.1. The Morgan fingerprint density at radius 3 is 2.59 bits per heavy atom. The van der Waals surface area contributed by atoms with Crippen LogP contribution in [0.4, 0.5) is 5.95 Å². The summed E-state index contributed by atoms with van der Waals surface area (Å²) >= 11 is 0. The van der Waals surface area contributed by atoms with Crippen LogP contribution in [0.1, 0.15) is 19.9 Å². The average molecular weight is 363 g/mol. The van der Waals surface area contributed by atoms with Crippen molar-refractivity contribution in [2.24, 2.45) is 0 Å². The standard InChI is InChI=1S/C20H21N5O2/c1-4-12-27-19-17(15-10-11-16(26)25(24-15)13(2)3)18(22-20(21)23-19)14-8-6-5-7-9-14/h4-11,13H,1,12H2,2-3H3,(H2,21,22,23). The zero-order chi connectivity index (χ0) is 19.4. The monoisotopic (exact) mass is 363 g/mol. The van der Waals surface area contributed by atoms with Crippen molar-refractivity contribution in [1.29, 1.82) is 0 Å². The van der Waals surface area contributed by atoms with Gasteiger partial charge in [0.1, 0.15) is 6.61 Å². The molecule has 138 valence electrons. The number of aromatic nitrogens is 4. The molecular weight excluding hydrogens is 342 g/mol. The minimum atomic E-state index is -0.181. The molecule has 7 heteroatoms. The molecule has 0 saturated carbocycles. The maximum Gasteiger partial charge on any atom is 0.267 e. The molecule has 0 amide bonds. The summed E-state index contributed by atoms with van der Waals surface area (Å²) in [6.07, 6.45) is 1.62. The summed E-state index contributed by atoms with van der Waals surface area (Å²) in [5.74, 6) is 0.386. The van der Waals surface area contributed by atoms with Crippen molar-refractivity contribution in [3.8, 4) is 28.4 Å². The number of nitrogen functional groups attached to an aromatic ring is 1. The van der Waals surface area contributed by atoms with Crippen LogP contribution in [-0.2, 0) is 0 Å². The summed E-state index contributed by atoms with van der Waals surface area (Å²) in [6, 6.07) is 12.6. The molecule has 0 fully saturated rings. The predicted octanol–water partition coefficient (Wildman–Crippen LogP) is 3.10. The highest BCUT2D eigenvalue weighted by atomic mass is 16.5. The normalized spacial score (nSPS) is 10.8. The first-order valence-corrected chi connectivity index (χ1v) is 8.58. The first kappa shape index (κ1) is 18.3. The fourth-order valence-electron chi connectivity index (χ4n) is 2.66. The van der Waals surface area contributed by atoms with Crippen molar-refractivity contribution in [3.05, 3.63) is 65.5 Å². The highest BCUT2D eigenvalue weighted by Crippen LogP contribution is 2.36. The topological polar surface area (TPSA) is 95.9 Å². The van der Waals surface area contributed by atoms with Gasteiger partial charge in [0.2, 0.25) is 11.8 Å². The number of benzene rings is 1. The van der Waals surface area contributed by atoms with E-state index in [2.05, 4.69) is 21.6 Å². The molecule has 2 aromatic heterocycles. The predicted molar refractivity (Wildman–Crippen MR) is 105 cm³/mol. The van der Waals surface area contributed by atoms with Crippen molar-refractivity contribution in [1.82, 2.24) is 19.7 Å².